The minimum atomic E-state index is 0.423. The van der Waals surface area contributed by atoms with Crippen LogP contribution in [0.3, 0.4) is 0 Å². The first-order valence-electron chi connectivity index (χ1n) is 5.65. The van der Waals surface area contributed by atoms with Gasteiger partial charge in [-0.2, -0.15) is 0 Å². The van der Waals surface area contributed by atoms with Gasteiger partial charge in [0.05, 0.1) is 5.02 Å². The van der Waals surface area contributed by atoms with Gasteiger partial charge in [-0.15, -0.1) is 0 Å². The number of hydrogen-bond donors (Lipinski definition) is 1. The zero-order valence-corrected chi connectivity index (χ0v) is 13.1. The van der Waals surface area contributed by atoms with E-state index in [1.807, 2.05) is 18.2 Å². The molecule has 0 aliphatic heterocycles. The summed E-state index contributed by atoms with van der Waals surface area (Å²) in [5, 5.41) is 1.09. The molecule has 5 heteroatoms. The number of nitrogens with two attached hydrogens (primary N) is 1. The van der Waals surface area contributed by atoms with Crippen molar-refractivity contribution in [2.45, 2.75) is 13.2 Å². The van der Waals surface area contributed by atoms with E-state index in [0.29, 0.717) is 28.9 Å². The van der Waals surface area contributed by atoms with Crippen LogP contribution in [-0.2, 0) is 13.2 Å². The zero-order chi connectivity index (χ0) is 13.8. The third-order valence-corrected chi connectivity index (χ3v) is 3.90. The topological polar surface area (TPSA) is 35.2 Å². The quantitative estimate of drug-likeness (QED) is 0.850. The molecule has 19 heavy (non-hydrogen) atoms. The summed E-state index contributed by atoms with van der Waals surface area (Å²) >= 11 is 15.4. The molecule has 2 nitrogen and oxygen atoms in total. The molecular weight excluding hydrogens is 349 g/mol. The van der Waals surface area contributed by atoms with Crippen LogP contribution in [0.15, 0.2) is 40.9 Å². The molecule has 0 aliphatic carbocycles. The van der Waals surface area contributed by atoms with Crippen molar-refractivity contribution in [2.75, 3.05) is 0 Å². The predicted octanol–water partition coefficient (Wildman–Crippen LogP) is 4.79. The summed E-state index contributed by atoms with van der Waals surface area (Å²) < 4.78 is 6.65. The van der Waals surface area contributed by atoms with E-state index >= 15 is 0 Å². The van der Waals surface area contributed by atoms with Crippen LogP contribution in [0.1, 0.15) is 11.1 Å². The van der Waals surface area contributed by atoms with Crippen LogP contribution in [-0.4, -0.2) is 0 Å². The summed E-state index contributed by atoms with van der Waals surface area (Å²) in [5.41, 5.74) is 7.69. The largest absolute Gasteiger partial charge is 0.487 e. The zero-order valence-electron chi connectivity index (χ0n) is 10.00. The third-order valence-electron chi connectivity index (χ3n) is 2.63. The Morgan fingerprint density at radius 2 is 1.89 bits per heavy atom. The fourth-order valence-corrected chi connectivity index (χ4v) is 2.59. The Bertz CT molecular complexity index is 590. The van der Waals surface area contributed by atoms with Crippen LogP contribution in [0.4, 0.5) is 0 Å². The lowest BCUT2D eigenvalue weighted by atomic mass is 10.1. The molecule has 0 aromatic heterocycles. The van der Waals surface area contributed by atoms with Crippen LogP contribution in [0.2, 0.25) is 10.0 Å². The summed E-state index contributed by atoms with van der Waals surface area (Å²) in [6, 6.07) is 11.1. The van der Waals surface area contributed by atoms with Crippen molar-refractivity contribution in [2.24, 2.45) is 5.73 Å². The van der Waals surface area contributed by atoms with E-state index in [4.69, 9.17) is 33.7 Å². The number of halogens is 3. The maximum Gasteiger partial charge on any atom is 0.138 e. The van der Waals surface area contributed by atoms with E-state index in [1.165, 1.54) is 0 Å². The van der Waals surface area contributed by atoms with E-state index in [0.717, 1.165) is 15.6 Å². The SMILES string of the molecule is NCc1ccc(COc2ccc(Cl)cc2Cl)c(Br)c1. The van der Waals surface area contributed by atoms with Gasteiger partial charge < -0.3 is 10.5 Å². The maximum absolute atomic E-state index is 6.05. The lowest BCUT2D eigenvalue weighted by Gasteiger charge is -2.10. The van der Waals surface area contributed by atoms with E-state index in [2.05, 4.69) is 15.9 Å². The second-order valence-corrected chi connectivity index (χ2v) is 5.69. The molecule has 0 heterocycles. The van der Waals surface area contributed by atoms with Gasteiger partial charge in [-0.1, -0.05) is 51.3 Å². The van der Waals surface area contributed by atoms with Crippen molar-refractivity contribution in [3.63, 3.8) is 0 Å². The molecule has 0 amide bonds. The van der Waals surface area contributed by atoms with Crippen LogP contribution in [0, 0.1) is 0 Å². The molecule has 100 valence electrons. The molecular formula is C14H12BrCl2NO. The minimum Gasteiger partial charge on any atom is -0.487 e. The Morgan fingerprint density at radius 3 is 2.53 bits per heavy atom. The normalized spacial score (nSPS) is 10.5. The molecule has 0 bridgehead atoms. The molecule has 2 rings (SSSR count). The molecule has 0 saturated carbocycles. The highest BCUT2D eigenvalue weighted by molar-refractivity contribution is 9.10. The van der Waals surface area contributed by atoms with Gasteiger partial charge in [0.2, 0.25) is 0 Å². The van der Waals surface area contributed by atoms with E-state index in [1.54, 1.807) is 18.2 Å². The average Bonchev–Trinajstić information content (AvgIpc) is 2.39. The second-order valence-electron chi connectivity index (χ2n) is 3.99. The Balaban J connectivity index is 2.10. The Morgan fingerprint density at radius 1 is 1.11 bits per heavy atom. The monoisotopic (exact) mass is 359 g/mol. The highest BCUT2D eigenvalue weighted by Crippen LogP contribution is 2.29. The molecule has 2 aromatic rings. The maximum atomic E-state index is 6.05. The molecule has 0 aliphatic rings. The number of rotatable bonds is 4. The Kier molecular flexibility index (Phi) is 5.11. The minimum absolute atomic E-state index is 0.423. The average molecular weight is 361 g/mol. The van der Waals surface area contributed by atoms with Crippen molar-refractivity contribution in [1.82, 2.24) is 0 Å². The van der Waals surface area contributed by atoms with Crippen molar-refractivity contribution >= 4 is 39.1 Å². The van der Waals surface area contributed by atoms with Crippen molar-refractivity contribution in [3.05, 3.63) is 62.0 Å². The van der Waals surface area contributed by atoms with Gasteiger partial charge in [-0.3, -0.25) is 0 Å². The van der Waals surface area contributed by atoms with Crippen molar-refractivity contribution < 1.29 is 4.74 Å². The standard InChI is InChI=1S/C14H12BrCl2NO/c15-12-5-9(7-18)1-2-10(12)8-19-14-4-3-11(16)6-13(14)17/h1-6H,7-8,18H2. The first-order valence-corrected chi connectivity index (χ1v) is 7.20. The van der Waals surface area contributed by atoms with E-state index in [9.17, 15) is 0 Å². The van der Waals surface area contributed by atoms with Crippen LogP contribution >= 0.6 is 39.1 Å². The number of benzene rings is 2. The predicted molar refractivity (Wildman–Crippen MR) is 82.8 cm³/mol. The summed E-state index contributed by atoms with van der Waals surface area (Å²) in [5.74, 6) is 0.612. The van der Waals surface area contributed by atoms with Gasteiger partial charge in [0.15, 0.2) is 0 Å². The molecule has 0 radical (unpaired) electrons. The molecule has 0 unspecified atom stereocenters. The fraction of sp³-hybridized carbons (Fsp3) is 0.143. The molecule has 0 saturated heterocycles. The second kappa shape index (κ2) is 6.62. The summed E-state index contributed by atoms with van der Waals surface area (Å²) in [7, 11) is 0. The summed E-state index contributed by atoms with van der Waals surface area (Å²) in [6.07, 6.45) is 0. The first kappa shape index (κ1) is 14.7. The van der Waals surface area contributed by atoms with Gasteiger partial charge in [-0.05, 0) is 29.8 Å². The highest BCUT2D eigenvalue weighted by atomic mass is 79.9. The third kappa shape index (κ3) is 3.86. The van der Waals surface area contributed by atoms with Crippen molar-refractivity contribution in [3.8, 4) is 5.75 Å². The number of ether oxygens (including phenoxy) is 1. The highest BCUT2D eigenvalue weighted by Gasteiger charge is 2.05. The Labute approximate surface area is 130 Å². The van der Waals surface area contributed by atoms with Crippen LogP contribution in [0.5, 0.6) is 5.75 Å². The fourth-order valence-electron chi connectivity index (χ4n) is 1.58. The first-order chi connectivity index (χ1) is 9.10. The van der Waals surface area contributed by atoms with Gasteiger partial charge >= 0.3 is 0 Å². The van der Waals surface area contributed by atoms with Crippen molar-refractivity contribution in [1.29, 1.82) is 0 Å². The molecule has 0 fully saturated rings. The lowest BCUT2D eigenvalue weighted by Crippen LogP contribution is -2.00. The lowest BCUT2D eigenvalue weighted by molar-refractivity contribution is 0.305. The summed E-state index contributed by atoms with van der Waals surface area (Å²) in [6.45, 7) is 0.940. The van der Waals surface area contributed by atoms with E-state index in [-0.39, 0.29) is 0 Å². The molecule has 2 aromatic carbocycles. The van der Waals surface area contributed by atoms with Gasteiger partial charge in [-0.25, -0.2) is 0 Å². The van der Waals surface area contributed by atoms with Crippen LogP contribution in [0.25, 0.3) is 0 Å². The number of hydrogen-bond acceptors (Lipinski definition) is 2. The van der Waals surface area contributed by atoms with Gasteiger partial charge in [0.25, 0.3) is 0 Å². The van der Waals surface area contributed by atoms with Crippen LogP contribution < -0.4 is 10.5 Å². The van der Waals surface area contributed by atoms with Gasteiger partial charge in [0, 0.05) is 21.6 Å². The smallest absolute Gasteiger partial charge is 0.138 e. The molecule has 0 spiro atoms. The van der Waals surface area contributed by atoms with Gasteiger partial charge in [0.1, 0.15) is 12.4 Å². The Hall–Kier alpha value is -0.740. The van der Waals surface area contributed by atoms with E-state index < -0.39 is 0 Å². The molecule has 0 atom stereocenters. The summed E-state index contributed by atoms with van der Waals surface area (Å²) in [4.78, 5) is 0. The molecule has 2 N–H and O–H groups in total.